The van der Waals surface area contributed by atoms with Crippen molar-refractivity contribution in [3.63, 3.8) is 0 Å². The average Bonchev–Trinajstić information content (AvgIpc) is 3.02. The van der Waals surface area contributed by atoms with E-state index < -0.39 is 0 Å². The van der Waals surface area contributed by atoms with Crippen LogP contribution in [0, 0.1) is 6.92 Å². The summed E-state index contributed by atoms with van der Waals surface area (Å²) in [6, 6.07) is 13.6. The molecule has 0 amide bonds. The van der Waals surface area contributed by atoms with Gasteiger partial charge in [-0.05, 0) is 24.6 Å². The SMILES string of the molecule is COc1cc(/C=N\Nc2nc(-c3ccccc3)c(C)s2)cc(Cl)c1OC. The number of anilines is 1. The second-order valence-corrected chi connectivity index (χ2v) is 7.01. The molecule has 0 aliphatic carbocycles. The molecule has 0 atom stereocenters. The molecule has 3 rings (SSSR count). The lowest BCUT2D eigenvalue weighted by Crippen LogP contribution is -1.95. The van der Waals surface area contributed by atoms with Crippen molar-refractivity contribution in [2.24, 2.45) is 5.10 Å². The highest BCUT2D eigenvalue weighted by Crippen LogP contribution is 2.35. The molecule has 134 valence electrons. The lowest BCUT2D eigenvalue weighted by atomic mass is 10.1. The maximum atomic E-state index is 6.20. The number of aryl methyl sites for hydroxylation is 1. The van der Waals surface area contributed by atoms with Crippen LogP contribution < -0.4 is 14.9 Å². The first-order valence-corrected chi connectivity index (χ1v) is 9.05. The molecule has 0 aliphatic rings. The van der Waals surface area contributed by atoms with Crippen LogP contribution in [0.25, 0.3) is 11.3 Å². The molecule has 0 aliphatic heterocycles. The Morgan fingerprint density at radius 2 is 1.92 bits per heavy atom. The first-order chi connectivity index (χ1) is 12.6. The molecule has 0 saturated heterocycles. The van der Waals surface area contributed by atoms with Crippen LogP contribution in [0.1, 0.15) is 10.4 Å². The predicted molar refractivity (Wildman–Crippen MR) is 108 cm³/mol. The summed E-state index contributed by atoms with van der Waals surface area (Å²) in [6.07, 6.45) is 1.66. The number of nitrogens with one attached hydrogen (secondary N) is 1. The Morgan fingerprint density at radius 1 is 1.15 bits per heavy atom. The van der Waals surface area contributed by atoms with E-state index in [1.807, 2.05) is 37.3 Å². The number of nitrogens with zero attached hydrogens (tertiary/aromatic N) is 2. The summed E-state index contributed by atoms with van der Waals surface area (Å²) in [5.74, 6) is 1.06. The number of thiazole rings is 1. The molecule has 3 aromatic rings. The Kier molecular flexibility index (Phi) is 5.75. The number of rotatable bonds is 6. The Hall–Kier alpha value is -2.57. The van der Waals surface area contributed by atoms with Gasteiger partial charge in [-0.1, -0.05) is 41.9 Å². The van der Waals surface area contributed by atoms with Crippen LogP contribution in [-0.4, -0.2) is 25.4 Å². The minimum absolute atomic E-state index is 0.463. The molecule has 0 unspecified atom stereocenters. The molecule has 0 saturated carbocycles. The summed E-state index contributed by atoms with van der Waals surface area (Å²) >= 11 is 7.76. The van der Waals surface area contributed by atoms with Crippen LogP contribution in [0.5, 0.6) is 11.5 Å². The number of hydrogen-bond acceptors (Lipinski definition) is 6. The molecule has 0 bridgehead atoms. The second-order valence-electron chi connectivity index (χ2n) is 5.40. The van der Waals surface area contributed by atoms with Gasteiger partial charge in [-0.3, -0.25) is 5.43 Å². The van der Waals surface area contributed by atoms with Crippen molar-refractivity contribution in [1.29, 1.82) is 0 Å². The molecule has 1 N–H and O–H groups in total. The molecule has 7 heteroatoms. The first kappa shape index (κ1) is 18.2. The van der Waals surface area contributed by atoms with E-state index in [2.05, 4.69) is 15.5 Å². The molecule has 0 fully saturated rings. The van der Waals surface area contributed by atoms with Gasteiger partial charge in [0.25, 0.3) is 0 Å². The van der Waals surface area contributed by atoms with Crippen molar-refractivity contribution in [2.45, 2.75) is 6.92 Å². The zero-order valence-electron chi connectivity index (χ0n) is 14.6. The van der Waals surface area contributed by atoms with Gasteiger partial charge in [-0.15, -0.1) is 11.3 Å². The summed E-state index contributed by atoms with van der Waals surface area (Å²) in [5.41, 5.74) is 5.81. The van der Waals surface area contributed by atoms with Gasteiger partial charge in [0.05, 0.1) is 31.2 Å². The van der Waals surface area contributed by atoms with Crippen LogP contribution in [-0.2, 0) is 0 Å². The van der Waals surface area contributed by atoms with E-state index in [1.165, 1.54) is 0 Å². The molecule has 5 nitrogen and oxygen atoms in total. The van der Waals surface area contributed by atoms with Crippen LogP contribution >= 0.6 is 22.9 Å². The van der Waals surface area contributed by atoms with Gasteiger partial charge in [0.1, 0.15) is 0 Å². The van der Waals surface area contributed by atoms with E-state index in [0.29, 0.717) is 16.5 Å². The van der Waals surface area contributed by atoms with E-state index in [4.69, 9.17) is 21.1 Å². The summed E-state index contributed by atoms with van der Waals surface area (Å²) in [6.45, 7) is 2.04. The average molecular weight is 388 g/mol. The van der Waals surface area contributed by atoms with Crippen molar-refractivity contribution in [2.75, 3.05) is 19.6 Å². The third kappa shape index (κ3) is 3.98. The van der Waals surface area contributed by atoms with E-state index in [0.717, 1.165) is 26.8 Å². The monoisotopic (exact) mass is 387 g/mol. The van der Waals surface area contributed by atoms with Gasteiger partial charge in [-0.25, -0.2) is 4.98 Å². The standard InChI is InChI=1S/C19H18ClN3O2S/c1-12-17(14-7-5-4-6-8-14)22-19(26-12)23-21-11-13-9-15(20)18(25-3)16(10-13)24-2/h4-11H,1-3H3,(H,22,23)/b21-11-. The molecular weight excluding hydrogens is 370 g/mol. The lowest BCUT2D eigenvalue weighted by Gasteiger charge is -2.09. The number of halogens is 1. The zero-order chi connectivity index (χ0) is 18.5. The van der Waals surface area contributed by atoms with E-state index in [-0.39, 0.29) is 0 Å². The second kappa shape index (κ2) is 8.21. The summed E-state index contributed by atoms with van der Waals surface area (Å²) in [7, 11) is 3.12. The van der Waals surface area contributed by atoms with E-state index in [9.17, 15) is 0 Å². The van der Waals surface area contributed by atoms with Crippen LogP contribution in [0.2, 0.25) is 5.02 Å². The topological polar surface area (TPSA) is 55.7 Å². The number of hydrazone groups is 1. The summed E-state index contributed by atoms with van der Waals surface area (Å²) < 4.78 is 10.5. The van der Waals surface area contributed by atoms with Crippen molar-refractivity contribution >= 4 is 34.3 Å². The Morgan fingerprint density at radius 3 is 2.62 bits per heavy atom. The van der Waals surface area contributed by atoms with Crippen LogP contribution in [0.3, 0.4) is 0 Å². The van der Waals surface area contributed by atoms with E-state index in [1.54, 1.807) is 43.9 Å². The van der Waals surface area contributed by atoms with Crippen molar-refractivity contribution < 1.29 is 9.47 Å². The third-order valence-corrected chi connectivity index (χ3v) is 4.83. The first-order valence-electron chi connectivity index (χ1n) is 7.86. The highest BCUT2D eigenvalue weighted by atomic mass is 35.5. The fourth-order valence-electron chi connectivity index (χ4n) is 2.48. The fraction of sp³-hybridized carbons (Fsp3) is 0.158. The Labute approximate surface area is 161 Å². The molecule has 0 spiro atoms. The number of hydrogen-bond donors (Lipinski definition) is 1. The largest absolute Gasteiger partial charge is 0.493 e. The molecule has 1 aromatic heterocycles. The number of methoxy groups -OCH3 is 2. The van der Waals surface area contributed by atoms with Gasteiger partial charge < -0.3 is 9.47 Å². The number of aromatic nitrogens is 1. The minimum Gasteiger partial charge on any atom is -0.493 e. The van der Waals surface area contributed by atoms with Gasteiger partial charge in [-0.2, -0.15) is 5.10 Å². The number of benzene rings is 2. The Bertz CT molecular complexity index is 926. The summed E-state index contributed by atoms with van der Waals surface area (Å²) in [5, 5.41) is 5.44. The smallest absolute Gasteiger partial charge is 0.204 e. The van der Waals surface area contributed by atoms with Crippen molar-refractivity contribution in [3.8, 4) is 22.8 Å². The number of ether oxygens (including phenoxy) is 2. The van der Waals surface area contributed by atoms with Crippen molar-refractivity contribution in [1.82, 2.24) is 4.98 Å². The van der Waals surface area contributed by atoms with Crippen LogP contribution in [0.15, 0.2) is 47.6 Å². The van der Waals surface area contributed by atoms with Gasteiger partial charge in [0.15, 0.2) is 11.5 Å². The van der Waals surface area contributed by atoms with E-state index >= 15 is 0 Å². The summed E-state index contributed by atoms with van der Waals surface area (Å²) in [4.78, 5) is 5.74. The van der Waals surface area contributed by atoms with Crippen LogP contribution in [0.4, 0.5) is 5.13 Å². The third-order valence-electron chi connectivity index (χ3n) is 3.67. The quantitative estimate of drug-likeness (QED) is 0.464. The molecular formula is C19H18ClN3O2S. The van der Waals surface area contributed by atoms with Crippen molar-refractivity contribution in [3.05, 3.63) is 57.9 Å². The predicted octanol–water partition coefficient (Wildman–Crippen LogP) is 5.24. The minimum atomic E-state index is 0.463. The maximum absolute atomic E-state index is 6.20. The molecule has 26 heavy (non-hydrogen) atoms. The lowest BCUT2D eigenvalue weighted by molar-refractivity contribution is 0.355. The molecule has 2 aromatic carbocycles. The normalized spacial score (nSPS) is 10.9. The van der Waals surface area contributed by atoms with Gasteiger partial charge >= 0.3 is 0 Å². The van der Waals surface area contributed by atoms with Gasteiger partial charge in [0, 0.05) is 10.4 Å². The zero-order valence-corrected chi connectivity index (χ0v) is 16.2. The molecule has 1 heterocycles. The van der Waals surface area contributed by atoms with Gasteiger partial charge in [0.2, 0.25) is 5.13 Å². The highest BCUT2D eigenvalue weighted by molar-refractivity contribution is 7.15. The maximum Gasteiger partial charge on any atom is 0.204 e. The molecule has 0 radical (unpaired) electrons. The Balaban J connectivity index is 1.76. The fourth-order valence-corrected chi connectivity index (χ4v) is 3.56. The highest BCUT2D eigenvalue weighted by Gasteiger charge is 2.11.